The van der Waals surface area contributed by atoms with Crippen molar-refractivity contribution in [2.75, 3.05) is 13.2 Å². The maximum absolute atomic E-state index is 12.5. The maximum Gasteiger partial charge on any atom is 1.00 e. The van der Waals surface area contributed by atoms with Gasteiger partial charge in [0.05, 0.1) is 18.4 Å². The van der Waals surface area contributed by atoms with Crippen LogP contribution < -0.4 is 91.2 Å². The van der Waals surface area contributed by atoms with Gasteiger partial charge in [-0.05, 0) is 55.9 Å². The average Bonchev–Trinajstić information content (AvgIpc) is 3.26. The van der Waals surface area contributed by atoms with Crippen LogP contribution in [0.3, 0.4) is 0 Å². The van der Waals surface area contributed by atoms with E-state index in [1.165, 1.54) is 0 Å². The average molecular weight is 593 g/mol. The van der Waals surface area contributed by atoms with Crippen molar-refractivity contribution in [3.8, 4) is 0 Å². The molecule has 0 aromatic heterocycles. The van der Waals surface area contributed by atoms with E-state index in [2.05, 4.69) is 13.5 Å². The summed E-state index contributed by atoms with van der Waals surface area (Å²) in [5.74, 6) is -4.71. The Balaban J connectivity index is 0.00000400. The first-order chi connectivity index (χ1) is 17.9. The molecule has 1 aliphatic heterocycles. The first-order valence-corrected chi connectivity index (χ1v) is 12.8. The number of fused-ring (bicyclic) bond motifs is 1. The van der Waals surface area contributed by atoms with E-state index in [0.29, 0.717) is 31.3 Å². The molecule has 10 nitrogen and oxygen atoms in total. The summed E-state index contributed by atoms with van der Waals surface area (Å²) in [7, 11) is 0. The SMILES string of the molecule is C=C1CCC2[C@](C)(COC(=O)CCC(=O)[O-])[C@H](OC(=O)CCC(=O)[O-])CC[C@@]2(C)[C@@H]1/C=C/C1=CCOC1=O.[K+].[Na+]. The van der Waals surface area contributed by atoms with Gasteiger partial charge in [-0.25, -0.2) is 4.79 Å². The number of allylic oxidation sites excluding steroid dienone is 2. The molecule has 12 heteroatoms. The molecule has 0 aromatic rings. The van der Waals surface area contributed by atoms with Crippen molar-refractivity contribution in [3.05, 3.63) is 36.0 Å². The van der Waals surface area contributed by atoms with E-state index >= 15 is 0 Å². The fourth-order valence-corrected chi connectivity index (χ4v) is 6.29. The summed E-state index contributed by atoms with van der Waals surface area (Å²) in [5.41, 5.74) is 0.252. The number of cyclic esters (lactones) is 1. The molecular weight excluding hydrogens is 558 g/mol. The first-order valence-electron chi connectivity index (χ1n) is 12.8. The molecule has 0 spiro atoms. The molecule has 0 amide bonds. The number of carbonyl (C=O) groups excluding carboxylic acids is 5. The minimum Gasteiger partial charge on any atom is -0.550 e. The van der Waals surface area contributed by atoms with E-state index in [1.54, 1.807) is 12.2 Å². The molecule has 0 aromatic carbocycles. The fraction of sp³-hybridized carbons (Fsp3) is 0.607. The Hall–Kier alpha value is -0.794. The van der Waals surface area contributed by atoms with Crippen LogP contribution in [0.5, 0.6) is 0 Å². The Bertz CT molecular complexity index is 1070. The van der Waals surface area contributed by atoms with Gasteiger partial charge in [0.25, 0.3) is 0 Å². The number of aliphatic carboxylic acids is 2. The van der Waals surface area contributed by atoms with Crippen LogP contribution in [0.25, 0.3) is 0 Å². The normalized spacial score (nSPS) is 29.2. The summed E-state index contributed by atoms with van der Waals surface area (Å²) in [4.78, 5) is 58.3. The van der Waals surface area contributed by atoms with E-state index < -0.39 is 48.2 Å². The topological polar surface area (TPSA) is 159 Å². The number of hydrogen-bond donors (Lipinski definition) is 0. The van der Waals surface area contributed by atoms with Crippen molar-refractivity contribution < 1.29 is 129 Å². The molecule has 0 N–H and O–H groups in total. The van der Waals surface area contributed by atoms with Gasteiger partial charge in [0.2, 0.25) is 0 Å². The van der Waals surface area contributed by atoms with Crippen LogP contribution in [-0.2, 0) is 38.2 Å². The van der Waals surface area contributed by atoms with Crippen LogP contribution in [0, 0.1) is 22.7 Å². The first kappa shape index (κ1) is 37.2. The van der Waals surface area contributed by atoms with Crippen LogP contribution in [0.4, 0.5) is 0 Å². The van der Waals surface area contributed by atoms with Gasteiger partial charge in [-0.15, -0.1) is 0 Å². The Morgan fingerprint density at radius 2 is 1.70 bits per heavy atom. The van der Waals surface area contributed by atoms with Crippen molar-refractivity contribution in [2.24, 2.45) is 22.7 Å². The summed E-state index contributed by atoms with van der Waals surface area (Å²) >= 11 is 0. The zero-order valence-electron chi connectivity index (χ0n) is 23.8. The third kappa shape index (κ3) is 9.10. The van der Waals surface area contributed by atoms with Crippen LogP contribution in [0.15, 0.2) is 36.0 Å². The van der Waals surface area contributed by atoms with Gasteiger partial charge in [-0.1, -0.05) is 38.2 Å². The second kappa shape index (κ2) is 16.2. The molecule has 40 heavy (non-hydrogen) atoms. The Kier molecular flexibility index (Phi) is 15.0. The Labute approximate surface area is 299 Å². The Morgan fingerprint density at radius 3 is 2.27 bits per heavy atom. The van der Waals surface area contributed by atoms with Gasteiger partial charge in [-0.2, -0.15) is 0 Å². The van der Waals surface area contributed by atoms with E-state index in [4.69, 9.17) is 14.2 Å². The number of ether oxygens (including phenoxy) is 3. The summed E-state index contributed by atoms with van der Waals surface area (Å²) < 4.78 is 16.3. The van der Waals surface area contributed by atoms with Crippen LogP contribution in [0.1, 0.15) is 65.2 Å². The van der Waals surface area contributed by atoms with Crippen molar-refractivity contribution in [3.63, 3.8) is 0 Å². The third-order valence-electron chi connectivity index (χ3n) is 8.28. The number of carboxylic acid groups (broad SMARTS) is 2. The molecule has 2 saturated carbocycles. The third-order valence-corrected chi connectivity index (χ3v) is 8.28. The van der Waals surface area contributed by atoms with Crippen molar-refractivity contribution >= 4 is 29.8 Å². The maximum atomic E-state index is 12.5. The minimum absolute atomic E-state index is 0. The Morgan fingerprint density at radius 1 is 1.07 bits per heavy atom. The van der Waals surface area contributed by atoms with Gasteiger partial charge in [0.15, 0.2) is 0 Å². The largest absolute Gasteiger partial charge is 1.00 e. The van der Waals surface area contributed by atoms with Gasteiger partial charge in [0.1, 0.15) is 19.3 Å². The monoisotopic (exact) mass is 592 g/mol. The van der Waals surface area contributed by atoms with Crippen LogP contribution >= 0.6 is 0 Å². The van der Waals surface area contributed by atoms with Gasteiger partial charge >= 0.3 is 98.8 Å². The van der Waals surface area contributed by atoms with Crippen LogP contribution in [0.2, 0.25) is 0 Å². The molecule has 2 aliphatic carbocycles. The molecule has 0 bridgehead atoms. The van der Waals surface area contributed by atoms with Gasteiger partial charge in [-0.3, -0.25) is 9.59 Å². The zero-order chi connectivity index (χ0) is 28.1. The smallest absolute Gasteiger partial charge is 0.550 e. The second-order valence-corrected chi connectivity index (χ2v) is 10.8. The molecule has 0 saturated heterocycles. The number of carbonyl (C=O) groups is 5. The number of rotatable bonds is 11. The molecule has 2 fully saturated rings. The van der Waals surface area contributed by atoms with Crippen molar-refractivity contribution in [1.82, 2.24) is 0 Å². The number of esters is 3. The number of hydrogen-bond acceptors (Lipinski definition) is 10. The molecule has 1 unspecified atom stereocenters. The molecule has 5 atom stereocenters. The predicted octanol–water partition coefficient (Wildman–Crippen LogP) is -5.06. The molecule has 0 radical (unpaired) electrons. The summed E-state index contributed by atoms with van der Waals surface area (Å²) in [6, 6.07) is 0. The second-order valence-electron chi connectivity index (χ2n) is 10.8. The quantitative estimate of drug-likeness (QED) is 0.0984. The standard InChI is InChI=1S/C28H36O10.K.Na/c1-17-4-7-20-27(2,19(17)6-5-18-13-15-36-26(18)35)14-12-21(38-25(34)11-9-23(31)32)28(20,3)16-37-24(33)10-8-22(29)30;;/h5-6,13,19-21H,1,4,7-12,14-16H2,2-3H3,(H,29,30)(H,31,32);;/q;2*+1/p-2/b6-5+;;/t19-,20?,21-,27+,28+;;/m1../s1. The number of carboxylic acids is 2. The summed E-state index contributed by atoms with van der Waals surface area (Å²) in [5, 5.41) is 21.6. The van der Waals surface area contributed by atoms with Crippen molar-refractivity contribution in [2.45, 2.75) is 71.3 Å². The molecule has 3 rings (SSSR count). The minimum atomic E-state index is -1.36. The zero-order valence-corrected chi connectivity index (χ0v) is 28.9. The van der Waals surface area contributed by atoms with Gasteiger partial charge < -0.3 is 34.0 Å². The van der Waals surface area contributed by atoms with E-state index in [0.717, 1.165) is 5.57 Å². The summed E-state index contributed by atoms with van der Waals surface area (Å²) in [6.45, 7) is 8.40. The molecular formula is C28H34KNaO10. The van der Waals surface area contributed by atoms with E-state index in [1.807, 2.05) is 13.0 Å². The predicted molar refractivity (Wildman–Crippen MR) is 128 cm³/mol. The fourth-order valence-electron chi connectivity index (χ4n) is 6.29. The van der Waals surface area contributed by atoms with Gasteiger partial charge in [0, 0.05) is 23.3 Å². The van der Waals surface area contributed by atoms with E-state index in [-0.39, 0.29) is 130 Å². The van der Waals surface area contributed by atoms with Crippen LogP contribution in [-0.4, -0.2) is 49.2 Å². The molecule has 1 heterocycles. The van der Waals surface area contributed by atoms with Crippen molar-refractivity contribution in [1.29, 1.82) is 0 Å². The van der Waals surface area contributed by atoms with E-state index in [9.17, 15) is 34.2 Å². The molecule has 3 aliphatic rings. The summed E-state index contributed by atoms with van der Waals surface area (Å²) in [6.07, 6.45) is 5.57. The molecule has 208 valence electrons.